The standard InChI is InChI=1S/C22H20N4O5/c1-2-31-20-11-17(26(29)30)10-15(21(20)27)9-16(12-23)22(28)24-8-7-14-13-25-19-6-4-3-5-18(14)19/h3-6,9-11,13,25,27H,2,7-8H2,1H3,(H,24,28)/b16-9-. The first-order valence-electron chi connectivity index (χ1n) is 9.53. The predicted octanol–water partition coefficient (Wildman–Crippen LogP) is 3.45. The summed E-state index contributed by atoms with van der Waals surface area (Å²) in [5.41, 5.74) is 1.34. The van der Waals surface area contributed by atoms with Crippen LogP contribution in [0.4, 0.5) is 5.69 Å². The van der Waals surface area contributed by atoms with E-state index in [4.69, 9.17) is 4.74 Å². The van der Waals surface area contributed by atoms with Crippen molar-refractivity contribution in [1.82, 2.24) is 10.3 Å². The number of non-ortho nitro benzene ring substituents is 1. The third-order valence-electron chi connectivity index (χ3n) is 4.62. The molecule has 3 aromatic rings. The Morgan fingerprint density at radius 2 is 2.16 bits per heavy atom. The number of carbonyl (C=O) groups is 1. The van der Waals surface area contributed by atoms with Crippen molar-refractivity contribution in [2.45, 2.75) is 13.3 Å². The molecule has 9 nitrogen and oxygen atoms in total. The van der Waals surface area contributed by atoms with E-state index in [1.165, 1.54) is 0 Å². The van der Waals surface area contributed by atoms with Gasteiger partial charge in [-0.05, 0) is 31.1 Å². The van der Waals surface area contributed by atoms with Crippen LogP contribution in [0, 0.1) is 21.4 Å². The fourth-order valence-electron chi connectivity index (χ4n) is 3.14. The molecule has 1 amide bonds. The summed E-state index contributed by atoms with van der Waals surface area (Å²) in [5.74, 6) is -1.13. The Morgan fingerprint density at radius 3 is 2.87 bits per heavy atom. The minimum Gasteiger partial charge on any atom is -0.504 e. The molecule has 0 aliphatic heterocycles. The average molecular weight is 420 g/mol. The van der Waals surface area contributed by atoms with E-state index < -0.39 is 10.8 Å². The van der Waals surface area contributed by atoms with Gasteiger partial charge in [-0.1, -0.05) is 18.2 Å². The van der Waals surface area contributed by atoms with Crippen LogP contribution in [-0.2, 0) is 11.2 Å². The number of nitrogens with one attached hydrogen (secondary N) is 2. The SMILES string of the molecule is CCOc1cc([N+](=O)[O-])cc(/C=C(/C#N)C(=O)NCCc2c[nH]c3ccccc23)c1O. The Labute approximate surface area is 177 Å². The molecule has 3 rings (SSSR count). The summed E-state index contributed by atoms with van der Waals surface area (Å²) in [6, 6.07) is 11.7. The summed E-state index contributed by atoms with van der Waals surface area (Å²) >= 11 is 0. The van der Waals surface area contributed by atoms with Gasteiger partial charge in [-0.15, -0.1) is 0 Å². The number of rotatable bonds is 8. The number of nitro benzene ring substituents is 1. The van der Waals surface area contributed by atoms with E-state index in [9.17, 15) is 25.3 Å². The molecule has 0 saturated carbocycles. The van der Waals surface area contributed by atoms with Gasteiger partial charge in [0.2, 0.25) is 0 Å². The lowest BCUT2D eigenvalue weighted by Crippen LogP contribution is -2.26. The number of nitriles is 1. The van der Waals surface area contributed by atoms with Gasteiger partial charge < -0.3 is 20.1 Å². The second-order valence-electron chi connectivity index (χ2n) is 6.61. The summed E-state index contributed by atoms with van der Waals surface area (Å²) in [5, 5.41) is 34.6. The molecule has 0 bridgehead atoms. The summed E-state index contributed by atoms with van der Waals surface area (Å²) in [6.45, 7) is 2.12. The van der Waals surface area contributed by atoms with Crippen molar-refractivity contribution < 1.29 is 19.6 Å². The van der Waals surface area contributed by atoms with E-state index >= 15 is 0 Å². The molecular weight excluding hydrogens is 400 g/mol. The summed E-state index contributed by atoms with van der Waals surface area (Å²) in [7, 11) is 0. The summed E-state index contributed by atoms with van der Waals surface area (Å²) in [6.07, 6.45) is 3.52. The molecule has 3 N–H and O–H groups in total. The number of fused-ring (bicyclic) bond motifs is 1. The van der Waals surface area contributed by atoms with Crippen molar-refractivity contribution in [3.8, 4) is 17.6 Å². The topological polar surface area (TPSA) is 141 Å². The molecule has 0 atom stereocenters. The highest BCUT2D eigenvalue weighted by Crippen LogP contribution is 2.36. The number of nitrogens with zero attached hydrogens (tertiary/aromatic N) is 2. The van der Waals surface area contributed by atoms with Gasteiger partial charge in [-0.3, -0.25) is 14.9 Å². The van der Waals surface area contributed by atoms with Crippen molar-refractivity contribution in [3.63, 3.8) is 0 Å². The van der Waals surface area contributed by atoms with Gasteiger partial charge in [0.25, 0.3) is 11.6 Å². The van der Waals surface area contributed by atoms with Crippen molar-refractivity contribution in [2.24, 2.45) is 0 Å². The highest BCUT2D eigenvalue weighted by atomic mass is 16.6. The molecule has 0 fully saturated rings. The monoisotopic (exact) mass is 420 g/mol. The largest absolute Gasteiger partial charge is 0.504 e. The van der Waals surface area contributed by atoms with E-state index in [0.29, 0.717) is 6.42 Å². The number of aromatic hydroxyl groups is 1. The third-order valence-corrected chi connectivity index (χ3v) is 4.62. The molecule has 31 heavy (non-hydrogen) atoms. The van der Waals surface area contributed by atoms with E-state index in [1.54, 1.807) is 13.0 Å². The quantitative estimate of drug-likeness (QED) is 0.221. The molecule has 0 aliphatic rings. The molecule has 0 aliphatic carbocycles. The number of amides is 1. The third kappa shape index (κ3) is 4.82. The summed E-state index contributed by atoms with van der Waals surface area (Å²) < 4.78 is 5.22. The minimum atomic E-state index is -0.647. The number of phenols is 1. The van der Waals surface area contributed by atoms with Crippen molar-refractivity contribution in [2.75, 3.05) is 13.2 Å². The second-order valence-corrected chi connectivity index (χ2v) is 6.61. The molecule has 158 valence electrons. The number of aromatic amines is 1. The smallest absolute Gasteiger partial charge is 0.274 e. The molecule has 0 unspecified atom stereocenters. The Balaban J connectivity index is 1.77. The van der Waals surface area contributed by atoms with Crippen LogP contribution in [0.3, 0.4) is 0 Å². The molecule has 0 saturated heterocycles. The Morgan fingerprint density at radius 1 is 1.39 bits per heavy atom. The maximum absolute atomic E-state index is 12.5. The van der Waals surface area contributed by atoms with Crippen LogP contribution >= 0.6 is 0 Å². The first kappa shape index (κ1) is 21.4. The maximum atomic E-state index is 12.5. The maximum Gasteiger partial charge on any atom is 0.274 e. The van der Waals surface area contributed by atoms with Crippen LogP contribution in [0.5, 0.6) is 11.5 Å². The number of para-hydroxylation sites is 1. The van der Waals surface area contributed by atoms with Crippen LogP contribution in [0.15, 0.2) is 48.2 Å². The number of hydrogen-bond donors (Lipinski definition) is 3. The highest BCUT2D eigenvalue weighted by molar-refractivity contribution is 6.02. The Hall–Kier alpha value is -4.32. The lowest BCUT2D eigenvalue weighted by Gasteiger charge is -2.09. The Bertz CT molecular complexity index is 1210. The molecule has 0 radical (unpaired) electrons. The van der Waals surface area contributed by atoms with Crippen LogP contribution < -0.4 is 10.1 Å². The van der Waals surface area contributed by atoms with Crippen molar-refractivity contribution in [1.29, 1.82) is 5.26 Å². The van der Waals surface area contributed by atoms with Gasteiger partial charge in [0, 0.05) is 35.3 Å². The van der Waals surface area contributed by atoms with Crippen molar-refractivity contribution in [3.05, 3.63) is 69.4 Å². The number of carbonyl (C=O) groups excluding carboxylic acids is 1. The van der Waals surface area contributed by atoms with Gasteiger partial charge in [-0.2, -0.15) is 5.26 Å². The second kappa shape index (κ2) is 9.45. The lowest BCUT2D eigenvalue weighted by atomic mass is 10.1. The number of aromatic nitrogens is 1. The molecule has 1 heterocycles. The fraction of sp³-hybridized carbons (Fsp3) is 0.182. The van der Waals surface area contributed by atoms with Crippen LogP contribution in [0.1, 0.15) is 18.1 Å². The minimum absolute atomic E-state index is 0.0546. The molecule has 0 spiro atoms. The van der Waals surface area contributed by atoms with E-state index in [1.807, 2.05) is 30.5 Å². The highest BCUT2D eigenvalue weighted by Gasteiger charge is 2.18. The number of hydrogen-bond acceptors (Lipinski definition) is 6. The molecular formula is C22H20N4O5. The number of nitro groups is 1. The lowest BCUT2D eigenvalue weighted by molar-refractivity contribution is -0.385. The van der Waals surface area contributed by atoms with Crippen molar-refractivity contribution >= 4 is 28.6 Å². The first-order valence-corrected chi connectivity index (χ1v) is 9.53. The zero-order valence-corrected chi connectivity index (χ0v) is 16.7. The number of ether oxygens (including phenoxy) is 1. The molecule has 1 aromatic heterocycles. The number of H-pyrrole nitrogens is 1. The first-order chi connectivity index (χ1) is 14.9. The van der Waals surface area contributed by atoms with E-state index in [0.717, 1.165) is 34.7 Å². The van der Waals surface area contributed by atoms with Gasteiger partial charge in [-0.25, -0.2) is 0 Å². The van der Waals surface area contributed by atoms with Crippen LogP contribution in [0.2, 0.25) is 0 Å². The van der Waals surface area contributed by atoms with Gasteiger partial charge >= 0.3 is 0 Å². The molecule has 2 aromatic carbocycles. The Kier molecular flexibility index (Phi) is 6.52. The number of benzene rings is 2. The van der Waals surface area contributed by atoms with E-state index in [2.05, 4.69) is 10.3 Å². The number of phenolic OH excluding ortho intramolecular Hbond substituents is 1. The summed E-state index contributed by atoms with van der Waals surface area (Å²) in [4.78, 5) is 26.1. The predicted molar refractivity (Wildman–Crippen MR) is 115 cm³/mol. The van der Waals surface area contributed by atoms with Gasteiger partial charge in [0.1, 0.15) is 11.6 Å². The average Bonchev–Trinajstić information content (AvgIpc) is 3.17. The zero-order chi connectivity index (χ0) is 22.4. The van der Waals surface area contributed by atoms with Crippen LogP contribution in [-0.4, -0.2) is 34.1 Å². The van der Waals surface area contributed by atoms with Gasteiger partial charge in [0.05, 0.1) is 17.6 Å². The normalized spacial score (nSPS) is 11.2. The molecule has 9 heteroatoms. The van der Waals surface area contributed by atoms with E-state index in [-0.39, 0.29) is 41.5 Å². The van der Waals surface area contributed by atoms with Gasteiger partial charge in [0.15, 0.2) is 11.5 Å². The van der Waals surface area contributed by atoms with Crippen LogP contribution in [0.25, 0.3) is 17.0 Å². The fourth-order valence-corrected chi connectivity index (χ4v) is 3.14. The zero-order valence-electron chi connectivity index (χ0n) is 16.7.